The number of furan rings is 1. The van der Waals surface area contributed by atoms with E-state index in [1.54, 1.807) is 25.3 Å². The summed E-state index contributed by atoms with van der Waals surface area (Å²) in [6.45, 7) is 5.24. The lowest BCUT2D eigenvalue weighted by molar-refractivity contribution is -0.125. The lowest BCUT2D eigenvalue weighted by atomic mass is 10.0. The molecule has 0 saturated heterocycles. The number of nitrogens with one attached hydrogen (secondary N) is 1. The summed E-state index contributed by atoms with van der Waals surface area (Å²) in [5.74, 6) is -0.294. The van der Waals surface area contributed by atoms with Crippen molar-refractivity contribution in [3.05, 3.63) is 65.2 Å². The van der Waals surface area contributed by atoms with Gasteiger partial charge in [-0.25, -0.2) is 4.79 Å². The molecule has 2 aromatic heterocycles. The highest BCUT2D eigenvalue weighted by Gasteiger charge is 2.20. The minimum absolute atomic E-state index is 0.304. The van der Waals surface area contributed by atoms with Gasteiger partial charge in [0.2, 0.25) is 0 Å². The molecule has 3 rings (SSSR count). The molecule has 2 heterocycles. The normalized spacial score (nSPS) is 12.0. The molecule has 3 aromatic rings. The number of rotatable bonds is 6. The quantitative estimate of drug-likeness (QED) is 0.672. The Kier molecular flexibility index (Phi) is 5.54. The topological polar surface area (TPSA) is 81.4 Å². The number of ether oxygens (including phenoxy) is 1. The number of carbonyl (C=O) groups is 2. The standard InChI is InChI=1S/C21H22N2O4/c1-4-16-20(13(2)15-8-5-6-9-17(15)23-16)21(25)27-12-19(24)22-14(3)18-10-7-11-26-18/h5-11,14H,4,12H2,1-3H3,(H,22,24)/t14-/m1/s1. The van der Waals surface area contributed by atoms with Crippen LogP contribution in [-0.4, -0.2) is 23.5 Å². The molecule has 0 spiro atoms. The molecule has 6 heteroatoms. The summed E-state index contributed by atoms with van der Waals surface area (Å²) in [6, 6.07) is 10.9. The summed E-state index contributed by atoms with van der Waals surface area (Å²) in [5.41, 5.74) is 2.75. The predicted molar refractivity (Wildman–Crippen MR) is 101 cm³/mol. The summed E-state index contributed by atoms with van der Waals surface area (Å²) < 4.78 is 10.5. The maximum atomic E-state index is 12.6. The number of hydrogen-bond donors (Lipinski definition) is 1. The van der Waals surface area contributed by atoms with Gasteiger partial charge in [-0.15, -0.1) is 0 Å². The summed E-state index contributed by atoms with van der Waals surface area (Å²) >= 11 is 0. The van der Waals surface area contributed by atoms with E-state index in [1.807, 2.05) is 38.1 Å². The Morgan fingerprint density at radius 2 is 2.00 bits per heavy atom. The van der Waals surface area contributed by atoms with Gasteiger partial charge in [0, 0.05) is 5.39 Å². The SMILES string of the molecule is CCc1nc2ccccc2c(C)c1C(=O)OCC(=O)N[C@H](C)c1ccco1. The fraction of sp³-hybridized carbons (Fsp3) is 0.286. The van der Waals surface area contributed by atoms with E-state index in [2.05, 4.69) is 10.3 Å². The van der Waals surface area contributed by atoms with Crippen molar-refractivity contribution < 1.29 is 18.7 Å². The molecule has 0 radical (unpaired) electrons. The number of aryl methyl sites for hydroxylation is 2. The van der Waals surface area contributed by atoms with Crippen LogP contribution < -0.4 is 5.32 Å². The molecule has 0 fully saturated rings. The van der Waals surface area contributed by atoms with Crippen LogP contribution in [0.2, 0.25) is 0 Å². The van der Waals surface area contributed by atoms with Gasteiger partial charge in [0.1, 0.15) is 5.76 Å². The maximum absolute atomic E-state index is 12.6. The van der Waals surface area contributed by atoms with Gasteiger partial charge in [0.15, 0.2) is 6.61 Å². The fourth-order valence-electron chi connectivity index (χ4n) is 3.06. The predicted octanol–water partition coefficient (Wildman–Crippen LogP) is 3.73. The zero-order chi connectivity index (χ0) is 19.4. The van der Waals surface area contributed by atoms with E-state index in [0.29, 0.717) is 23.4 Å². The molecular formula is C21H22N2O4. The summed E-state index contributed by atoms with van der Waals surface area (Å²) in [4.78, 5) is 29.3. The third-order valence-electron chi connectivity index (χ3n) is 4.45. The number of aromatic nitrogens is 1. The first kappa shape index (κ1) is 18.6. The number of esters is 1. The first-order valence-corrected chi connectivity index (χ1v) is 8.89. The van der Waals surface area contributed by atoms with E-state index in [9.17, 15) is 9.59 Å². The number of para-hydroxylation sites is 1. The van der Waals surface area contributed by atoms with Crippen LogP contribution in [-0.2, 0) is 16.0 Å². The van der Waals surface area contributed by atoms with Gasteiger partial charge in [-0.1, -0.05) is 25.1 Å². The molecule has 0 bridgehead atoms. The van der Waals surface area contributed by atoms with Gasteiger partial charge in [0.05, 0.1) is 29.1 Å². The minimum Gasteiger partial charge on any atom is -0.467 e. The number of benzene rings is 1. The van der Waals surface area contributed by atoms with Crippen LogP contribution in [0.25, 0.3) is 10.9 Å². The molecule has 0 aliphatic rings. The van der Waals surface area contributed by atoms with Crippen molar-refractivity contribution in [3.8, 4) is 0 Å². The molecule has 0 aliphatic heterocycles. The molecule has 0 unspecified atom stereocenters. The zero-order valence-corrected chi connectivity index (χ0v) is 15.6. The highest BCUT2D eigenvalue weighted by molar-refractivity contribution is 5.99. The van der Waals surface area contributed by atoms with Crippen LogP contribution in [0.1, 0.15) is 47.3 Å². The fourth-order valence-corrected chi connectivity index (χ4v) is 3.06. The average molecular weight is 366 g/mol. The summed E-state index contributed by atoms with van der Waals surface area (Å²) in [6.07, 6.45) is 2.14. The van der Waals surface area contributed by atoms with Crippen LogP contribution in [0.4, 0.5) is 0 Å². The monoisotopic (exact) mass is 366 g/mol. The Morgan fingerprint density at radius 1 is 1.22 bits per heavy atom. The smallest absolute Gasteiger partial charge is 0.340 e. The molecule has 0 saturated carbocycles. The number of amides is 1. The first-order chi connectivity index (χ1) is 13.0. The van der Waals surface area contributed by atoms with Crippen molar-refractivity contribution >= 4 is 22.8 Å². The maximum Gasteiger partial charge on any atom is 0.340 e. The molecule has 140 valence electrons. The van der Waals surface area contributed by atoms with E-state index < -0.39 is 11.9 Å². The zero-order valence-electron chi connectivity index (χ0n) is 15.6. The number of hydrogen-bond acceptors (Lipinski definition) is 5. The van der Waals surface area contributed by atoms with Gasteiger partial charge < -0.3 is 14.5 Å². The second kappa shape index (κ2) is 8.03. The molecule has 6 nitrogen and oxygen atoms in total. The van der Waals surface area contributed by atoms with E-state index >= 15 is 0 Å². The van der Waals surface area contributed by atoms with Gasteiger partial charge in [-0.3, -0.25) is 9.78 Å². The van der Waals surface area contributed by atoms with E-state index in [1.165, 1.54) is 0 Å². The van der Waals surface area contributed by atoms with Gasteiger partial charge in [0.25, 0.3) is 5.91 Å². The van der Waals surface area contributed by atoms with Crippen LogP contribution in [0.3, 0.4) is 0 Å². The molecular weight excluding hydrogens is 344 g/mol. The van der Waals surface area contributed by atoms with Crippen molar-refractivity contribution in [2.75, 3.05) is 6.61 Å². The van der Waals surface area contributed by atoms with Crippen molar-refractivity contribution in [2.45, 2.75) is 33.2 Å². The van der Waals surface area contributed by atoms with Crippen molar-refractivity contribution in [1.82, 2.24) is 10.3 Å². The van der Waals surface area contributed by atoms with Gasteiger partial charge in [-0.2, -0.15) is 0 Å². The van der Waals surface area contributed by atoms with Crippen LogP contribution in [0.15, 0.2) is 47.1 Å². The largest absolute Gasteiger partial charge is 0.467 e. The Bertz CT molecular complexity index is 964. The average Bonchev–Trinajstić information content (AvgIpc) is 3.21. The highest BCUT2D eigenvalue weighted by atomic mass is 16.5. The van der Waals surface area contributed by atoms with Crippen LogP contribution in [0, 0.1) is 6.92 Å². The Morgan fingerprint density at radius 3 is 2.70 bits per heavy atom. The van der Waals surface area contributed by atoms with Crippen LogP contribution >= 0.6 is 0 Å². The molecule has 1 N–H and O–H groups in total. The number of fused-ring (bicyclic) bond motifs is 1. The summed E-state index contributed by atoms with van der Waals surface area (Å²) in [7, 11) is 0. The van der Waals surface area contributed by atoms with Crippen molar-refractivity contribution in [2.24, 2.45) is 0 Å². The number of nitrogens with zero attached hydrogens (tertiary/aromatic N) is 1. The van der Waals surface area contributed by atoms with Crippen molar-refractivity contribution in [3.63, 3.8) is 0 Å². The molecule has 0 aliphatic carbocycles. The third-order valence-corrected chi connectivity index (χ3v) is 4.45. The van der Waals surface area contributed by atoms with E-state index in [-0.39, 0.29) is 12.6 Å². The molecule has 1 amide bonds. The molecule has 27 heavy (non-hydrogen) atoms. The first-order valence-electron chi connectivity index (χ1n) is 8.89. The second-order valence-electron chi connectivity index (χ2n) is 6.31. The highest BCUT2D eigenvalue weighted by Crippen LogP contribution is 2.24. The lowest BCUT2D eigenvalue weighted by Gasteiger charge is -2.14. The number of pyridine rings is 1. The van der Waals surface area contributed by atoms with E-state index in [4.69, 9.17) is 9.15 Å². The van der Waals surface area contributed by atoms with E-state index in [0.717, 1.165) is 16.5 Å². The Labute approximate surface area is 157 Å². The minimum atomic E-state index is -0.539. The third kappa shape index (κ3) is 4.00. The summed E-state index contributed by atoms with van der Waals surface area (Å²) in [5, 5.41) is 3.64. The van der Waals surface area contributed by atoms with Crippen molar-refractivity contribution in [1.29, 1.82) is 0 Å². The Hall–Kier alpha value is -3.15. The molecule has 1 atom stereocenters. The van der Waals surface area contributed by atoms with Gasteiger partial charge in [-0.05, 0) is 44.0 Å². The lowest BCUT2D eigenvalue weighted by Crippen LogP contribution is -2.31. The number of carbonyl (C=O) groups excluding carboxylic acids is 2. The molecule has 1 aromatic carbocycles. The second-order valence-corrected chi connectivity index (χ2v) is 6.31. The van der Waals surface area contributed by atoms with Gasteiger partial charge >= 0.3 is 5.97 Å². The van der Waals surface area contributed by atoms with Crippen LogP contribution in [0.5, 0.6) is 0 Å². The Balaban J connectivity index is 1.72.